The van der Waals surface area contributed by atoms with Crippen LogP contribution in [0.15, 0.2) is 34.9 Å². The highest BCUT2D eigenvalue weighted by Gasteiger charge is 2.12. The number of ether oxygens (including phenoxy) is 1. The summed E-state index contributed by atoms with van der Waals surface area (Å²) in [5.74, 6) is 1.49. The second-order valence-corrected chi connectivity index (χ2v) is 5.40. The molecule has 0 saturated heterocycles. The van der Waals surface area contributed by atoms with Gasteiger partial charge >= 0.3 is 0 Å². The Morgan fingerprint density at radius 2 is 2.00 bits per heavy atom. The molecular weight excluding hydrogens is 278 g/mol. The first kappa shape index (κ1) is 16.6. The van der Waals surface area contributed by atoms with Crippen molar-refractivity contribution in [3.05, 3.63) is 47.6 Å². The summed E-state index contributed by atoms with van der Waals surface area (Å²) >= 11 is 0. The SMILES string of the molecule is CCCCc1noc(CN(CCOC)Cc2ccccc2)n1. The van der Waals surface area contributed by atoms with E-state index in [1.54, 1.807) is 7.11 Å². The fourth-order valence-corrected chi connectivity index (χ4v) is 2.26. The Kier molecular flexibility index (Phi) is 7.06. The first-order chi connectivity index (χ1) is 10.8. The van der Waals surface area contributed by atoms with Gasteiger partial charge in [-0.25, -0.2) is 0 Å². The van der Waals surface area contributed by atoms with Gasteiger partial charge in [0.1, 0.15) is 0 Å². The Bertz CT molecular complexity index is 528. The van der Waals surface area contributed by atoms with Gasteiger partial charge in [-0.05, 0) is 12.0 Å². The lowest BCUT2D eigenvalue weighted by Gasteiger charge is -2.20. The molecule has 2 aromatic rings. The van der Waals surface area contributed by atoms with Crippen LogP contribution in [0.1, 0.15) is 37.0 Å². The molecule has 0 aliphatic heterocycles. The predicted octanol–water partition coefficient (Wildman–Crippen LogP) is 3.06. The van der Waals surface area contributed by atoms with Crippen LogP contribution in [0.3, 0.4) is 0 Å². The number of rotatable bonds is 10. The zero-order valence-corrected chi connectivity index (χ0v) is 13.5. The van der Waals surface area contributed by atoms with Crippen molar-refractivity contribution in [2.24, 2.45) is 0 Å². The van der Waals surface area contributed by atoms with Crippen molar-refractivity contribution in [3.8, 4) is 0 Å². The summed E-state index contributed by atoms with van der Waals surface area (Å²) in [7, 11) is 1.72. The predicted molar refractivity (Wildman–Crippen MR) is 85.3 cm³/mol. The van der Waals surface area contributed by atoms with Crippen LogP contribution in [0.5, 0.6) is 0 Å². The van der Waals surface area contributed by atoms with Gasteiger partial charge in [0.05, 0.1) is 13.2 Å². The molecule has 0 aliphatic rings. The summed E-state index contributed by atoms with van der Waals surface area (Å²) in [4.78, 5) is 6.74. The van der Waals surface area contributed by atoms with Gasteiger partial charge in [0.15, 0.2) is 5.82 Å². The lowest BCUT2D eigenvalue weighted by atomic mass is 10.2. The zero-order chi connectivity index (χ0) is 15.6. The molecule has 0 atom stereocenters. The van der Waals surface area contributed by atoms with Crippen molar-refractivity contribution in [3.63, 3.8) is 0 Å². The zero-order valence-electron chi connectivity index (χ0n) is 13.5. The molecule has 1 heterocycles. The highest BCUT2D eigenvalue weighted by Crippen LogP contribution is 2.10. The maximum absolute atomic E-state index is 5.37. The van der Waals surface area contributed by atoms with Crippen molar-refractivity contribution < 1.29 is 9.26 Å². The number of nitrogens with zero attached hydrogens (tertiary/aromatic N) is 3. The van der Waals surface area contributed by atoms with Crippen LogP contribution in [0.25, 0.3) is 0 Å². The summed E-state index contributed by atoms with van der Waals surface area (Å²) in [5.41, 5.74) is 1.27. The van der Waals surface area contributed by atoms with Crippen LogP contribution in [0.2, 0.25) is 0 Å². The Hall–Kier alpha value is -1.72. The smallest absolute Gasteiger partial charge is 0.240 e. The van der Waals surface area contributed by atoms with Crippen LogP contribution >= 0.6 is 0 Å². The Labute approximate surface area is 132 Å². The van der Waals surface area contributed by atoms with E-state index in [0.717, 1.165) is 38.2 Å². The number of aromatic nitrogens is 2. The van der Waals surface area contributed by atoms with E-state index in [-0.39, 0.29) is 0 Å². The van der Waals surface area contributed by atoms with Crippen molar-refractivity contribution >= 4 is 0 Å². The molecule has 22 heavy (non-hydrogen) atoms. The molecular formula is C17H25N3O2. The average molecular weight is 303 g/mol. The fraction of sp³-hybridized carbons (Fsp3) is 0.529. The van der Waals surface area contributed by atoms with E-state index >= 15 is 0 Å². The van der Waals surface area contributed by atoms with Crippen LogP contribution in [0.4, 0.5) is 0 Å². The van der Waals surface area contributed by atoms with Gasteiger partial charge < -0.3 is 9.26 Å². The summed E-state index contributed by atoms with van der Waals surface area (Å²) in [5, 5.41) is 4.05. The summed E-state index contributed by atoms with van der Waals surface area (Å²) < 4.78 is 10.6. The van der Waals surface area contributed by atoms with E-state index in [2.05, 4.69) is 46.2 Å². The molecule has 1 aromatic heterocycles. The van der Waals surface area contributed by atoms with E-state index in [1.807, 2.05) is 6.07 Å². The largest absolute Gasteiger partial charge is 0.383 e. The molecule has 0 radical (unpaired) electrons. The van der Waals surface area contributed by atoms with Crippen LogP contribution in [0, 0.1) is 0 Å². The second-order valence-electron chi connectivity index (χ2n) is 5.40. The number of hydrogen-bond donors (Lipinski definition) is 0. The van der Waals surface area contributed by atoms with E-state index in [9.17, 15) is 0 Å². The molecule has 0 N–H and O–H groups in total. The van der Waals surface area contributed by atoms with Crippen molar-refractivity contribution in [2.45, 2.75) is 39.3 Å². The number of methoxy groups -OCH3 is 1. The minimum Gasteiger partial charge on any atom is -0.383 e. The van der Waals surface area contributed by atoms with Gasteiger partial charge in [0.25, 0.3) is 0 Å². The molecule has 0 amide bonds. The minimum absolute atomic E-state index is 0.650. The molecule has 0 unspecified atom stereocenters. The van der Waals surface area contributed by atoms with Gasteiger partial charge in [-0.3, -0.25) is 4.90 Å². The first-order valence-corrected chi connectivity index (χ1v) is 7.88. The molecule has 0 spiro atoms. The first-order valence-electron chi connectivity index (χ1n) is 7.88. The molecule has 0 fully saturated rings. The van der Waals surface area contributed by atoms with Gasteiger partial charge in [-0.1, -0.05) is 48.8 Å². The maximum Gasteiger partial charge on any atom is 0.240 e. The van der Waals surface area contributed by atoms with Crippen molar-refractivity contribution in [2.75, 3.05) is 20.3 Å². The van der Waals surface area contributed by atoms with Crippen molar-refractivity contribution in [1.29, 1.82) is 0 Å². The molecule has 1 aromatic carbocycles. The summed E-state index contributed by atoms with van der Waals surface area (Å²) in [6.45, 7) is 5.17. The van der Waals surface area contributed by atoms with Gasteiger partial charge in [-0.2, -0.15) is 4.98 Å². The Balaban J connectivity index is 1.95. The van der Waals surface area contributed by atoms with Crippen LogP contribution in [-0.4, -0.2) is 35.3 Å². The van der Waals surface area contributed by atoms with Crippen LogP contribution in [-0.2, 0) is 24.2 Å². The Morgan fingerprint density at radius 1 is 1.18 bits per heavy atom. The lowest BCUT2D eigenvalue weighted by Crippen LogP contribution is -2.26. The van der Waals surface area contributed by atoms with Crippen molar-refractivity contribution in [1.82, 2.24) is 15.0 Å². The van der Waals surface area contributed by atoms with E-state index in [1.165, 1.54) is 5.56 Å². The number of aryl methyl sites for hydroxylation is 1. The number of benzene rings is 1. The average Bonchev–Trinajstić information content (AvgIpc) is 2.99. The third-order valence-electron chi connectivity index (χ3n) is 3.48. The highest BCUT2D eigenvalue weighted by atomic mass is 16.5. The standard InChI is InChI=1S/C17H25N3O2/c1-3-4-10-16-18-17(22-19-16)14-20(11-12-21-2)13-15-8-6-5-7-9-15/h5-9H,3-4,10-14H2,1-2H3. The third-order valence-corrected chi connectivity index (χ3v) is 3.48. The number of unbranched alkanes of at least 4 members (excludes halogenated alkanes) is 1. The van der Waals surface area contributed by atoms with E-state index in [4.69, 9.17) is 9.26 Å². The molecule has 0 aliphatic carbocycles. The van der Waals surface area contributed by atoms with Gasteiger partial charge in [0.2, 0.25) is 5.89 Å². The minimum atomic E-state index is 0.650. The lowest BCUT2D eigenvalue weighted by molar-refractivity contribution is 0.131. The quantitative estimate of drug-likeness (QED) is 0.675. The molecule has 5 nitrogen and oxygen atoms in total. The Morgan fingerprint density at radius 3 is 2.73 bits per heavy atom. The molecule has 0 bridgehead atoms. The molecule has 120 valence electrons. The molecule has 2 rings (SSSR count). The molecule has 5 heteroatoms. The van der Waals surface area contributed by atoms with Gasteiger partial charge in [-0.15, -0.1) is 0 Å². The van der Waals surface area contributed by atoms with E-state index < -0.39 is 0 Å². The molecule has 0 saturated carbocycles. The monoisotopic (exact) mass is 303 g/mol. The second kappa shape index (κ2) is 9.33. The normalized spacial score (nSPS) is 11.2. The topological polar surface area (TPSA) is 51.4 Å². The third kappa shape index (κ3) is 5.58. The van der Waals surface area contributed by atoms with Crippen LogP contribution < -0.4 is 0 Å². The summed E-state index contributed by atoms with van der Waals surface area (Å²) in [6.07, 6.45) is 3.12. The summed E-state index contributed by atoms with van der Waals surface area (Å²) in [6, 6.07) is 10.4. The fourth-order valence-electron chi connectivity index (χ4n) is 2.26. The number of hydrogen-bond acceptors (Lipinski definition) is 5. The highest BCUT2D eigenvalue weighted by molar-refractivity contribution is 5.14. The van der Waals surface area contributed by atoms with E-state index in [0.29, 0.717) is 19.0 Å². The maximum atomic E-state index is 5.37. The van der Waals surface area contributed by atoms with Gasteiger partial charge in [0, 0.05) is 26.6 Å².